The summed E-state index contributed by atoms with van der Waals surface area (Å²) in [5.41, 5.74) is 1.77. The van der Waals surface area contributed by atoms with E-state index in [-0.39, 0.29) is 5.92 Å². The van der Waals surface area contributed by atoms with Gasteiger partial charge in [-0.3, -0.25) is 4.79 Å². The van der Waals surface area contributed by atoms with Crippen molar-refractivity contribution in [2.24, 2.45) is 17.8 Å². The number of aromatic nitrogens is 1. The van der Waals surface area contributed by atoms with E-state index in [1.54, 1.807) is 0 Å². The first-order valence-corrected chi connectivity index (χ1v) is 9.42. The van der Waals surface area contributed by atoms with Gasteiger partial charge in [0.2, 0.25) is 5.91 Å². The Balaban J connectivity index is 1.33. The fraction of sp³-hybridized carbons (Fsp3) is 0.600. The van der Waals surface area contributed by atoms with Gasteiger partial charge in [-0.1, -0.05) is 18.6 Å². The van der Waals surface area contributed by atoms with E-state index in [4.69, 9.17) is 4.42 Å². The summed E-state index contributed by atoms with van der Waals surface area (Å²) in [7, 11) is 0. The number of carbonyl (C=O) groups excluding carboxylic acids is 1. The molecule has 1 aromatic heterocycles. The number of amides is 1. The lowest BCUT2D eigenvalue weighted by Gasteiger charge is -2.35. The molecule has 0 radical (unpaired) electrons. The first-order chi connectivity index (χ1) is 11.8. The Kier molecular flexibility index (Phi) is 3.39. The molecule has 0 unspecified atom stereocenters. The average Bonchev–Trinajstić information content (AvgIpc) is 3.35. The van der Waals surface area contributed by atoms with Crippen LogP contribution in [0.2, 0.25) is 0 Å². The predicted molar refractivity (Wildman–Crippen MR) is 91.5 cm³/mol. The van der Waals surface area contributed by atoms with Gasteiger partial charge in [-0.05, 0) is 56.1 Å². The van der Waals surface area contributed by atoms with Crippen LogP contribution in [0.25, 0.3) is 11.1 Å². The van der Waals surface area contributed by atoms with Gasteiger partial charge < -0.3 is 9.32 Å². The van der Waals surface area contributed by atoms with Crippen molar-refractivity contribution in [1.29, 1.82) is 0 Å². The Hall–Kier alpha value is -1.84. The topological polar surface area (TPSA) is 46.3 Å². The van der Waals surface area contributed by atoms with E-state index < -0.39 is 0 Å². The number of hydrogen-bond acceptors (Lipinski definition) is 3. The molecule has 1 saturated heterocycles. The summed E-state index contributed by atoms with van der Waals surface area (Å²) in [5, 5.41) is 0. The molecule has 1 aromatic carbocycles. The molecular formula is C20H24N2O2. The number of fused-ring (bicyclic) bond motifs is 3. The number of para-hydroxylation sites is 2. The highest BCUT2D eigenvalue weighted by molar-refractivity contribution is 5.80. The predicted octanol–water partition coefficient (Wildman–Crippen LogP) is 3.97. The van der Waals surface area contributed by atoms with E-state index in [0.29, 0.717) is 17.7 Å². The molecule has 1 amide bonds. The van der Waals surface area contributed by atoms with Crippen molar-refractivity contribution in [1.82, 2.24) is 9.88 Å². The van der Waals surface area contributed by atoms with Gasteiger partial charge in [-0.25, -0.2) is 4.98 Å². The van der Waals surface area contributed by atoms with Gasteiger partial charge in [0.25, 0.3) is 0 Å². The van der Waals surface area contributed by atoms with Crippen LogP contribution in [0.4, 0.5) is 0 Å². The first-order valence-electron chi connectivity index (χ1n) is 9.42. The third-order valence-electron chi connectivity index (χ3n) is 6.45. The number of hydrogen-bond donors (Lipinski definition) is 0. The van der Waals surface area contributed by atoms with Crippen LogP contribution in [0.15, 0.2) is 28.7 Å². The molecular weight excluding hydrogens is 300 g/mol. The van der Waals surface area contributed by atoms with Crippen molar-refractivity contribution < 1.29 is 9.21 Å². The highest BCUT2D eigenvalue weighted by Gasteiger charge is 2.45. The Morgan fingerprint density at radius 1 is 1.17 bits per heavy atom. The third-order valence-corrected chi connectivity index (χ3v) is 6.45. The molecule has 24 heavy (non-hydrogen) atoms. The Morgan fingerprint density at radius 2 is 2.08 bits per heavy atom. The fourth-order valence-corrected chi connectivity index (χ4v) is 5.23. The standard InChI is InChI=1S/C20H24N2O2/c23-20(16-11-13-7-8-14(16)10-13)22-9-3-4-15(12-22)19-21-17-5-1-2-6-18(17)24-19/h1-2,5-6,13-16H,3-4,7-12H2/t13-,14-,15+,16-/m0/s1. The fourth-order valence-electron chi connectivity index (χ4n) is 5.23. The van der Waals surface area contributed by atoms with Gasteiger partial charge in [0.05, 0.1) is 5.92 Å². The van der Waals surface area contributed by atoms with E-state index in [1.165, 1.54) is 19.3 Å². The minimum absolute atomic E-state index is 0.244. The number of benzene rings is 1. The van der Waals surface area contributed by atoms with Crippen LogP contribution in [0.5, 0.6) is 0 Å². The zero-order valence-corrected chi connectivity index (χ0v) is 14.0. The van der Waals surface area contributed by atoms with E-state index >= 15 is 0 Å². The van der Waals surface area contributed by atoms with Crippen molar-refractivity contribution in [2.45, 2.75) is 44.4 Å². The molecule has 126 valence electrons. The molecule has 5 rings (SSSR count). The lowest BCUT2D eigenvalue weighted by atomic mass is 9.86. The molecule has 0 spiro atoms. The first kappa shape index (κ1) is 14.5. The van der Waals surface area contributed by atoms with Crippen LogP contribution in [0.3, 0.4) is 0 Å². The summed E-state index contributed by atoms with van der Waals surface area (Å²) in [6.07, 6.45) is 7.15. The number of carbonyl (C=O) groups is 1. The molecule has 2 aromatic rings. The summed E-state index contributed by atoms with van der Waals surface area (Å²) >= 11 is 0. The second-order valence-electron chi connectivity index (χ2n) is 7.92. The molecule has 4 heteroatoms. The van der Waals surface area contributed by atoms with Crippen LogP contribution >= 0.6 is 0 Å². The van der Waals surface area contributed by atoms with E-state index in [9.17, 15) is 4.79 Å². The number of likely N-dealkylation sites (tertiary alicyclic amines) is 1. The van der Waals surface area contributed by atoms with Crippen molar-refractivity contribution in [2.75, 3.05) is 13.1 Å². The van der Waals surface area contributed by atoms with Gasteiger partial charge in [-0.15, -0.1) is 0 Å². The van der Waals surface area contributed by atoms with Crippen LogP contribution in [0.1, 0.15) is 50.3 Å². The molecule has 3 aliphatic rings. The van der Waals surface area contributed by atoms with Crippen LogP contribution < -0.4 is 0 Å². The van der Waals surface area contributed by atoms with Crippen LogP contribution in [0, 0.1) is 17.8 Å². The maximum atomic E-state index is 13.0. The minimum Gasteiger partial charge on any atom is -0.440 e. The van der Waals surface area contributed by atoms with Gasteiger partial charge in [0, 0.05) is 19.0 Å². The smallest absolute Gasteiger partial charge is 0.225 e. The van der Waals surface area contributed by atoms with Crippen molar-refractivity contribution in [3.63, 3.8) is 0 Å². The van der Waals surface area contributed by atoms with Crippen molar-refractivity contribution in [3.8, 4) is 0 Å². The zero-order chi connectivity index (χ0) is 16.1. The molecule has 1 aliphatic heterocycles. The van der Waals surface area contributed by atoms with E-state index in [1.807, 2.05) is 24.3 Å². The number of oxazole rings is 1. The SMILES string of the molecule is O=C([C@H]1C[C@H]2CC[C@H]1C2)N1CCC[C@@H](c2nc3ccccc3o2)C1. The van der Waals surface area contributed by atoms with Gasteiger partial charge in [0.1, 0.15) is 5.52 Å². The quantitative estimate of drug-likeness (QED) is 0.839. The summed E-state index contributed by atoms with van der Waals surface area (Å²) in [6.45, 7) is 1.68. The molecule has 2 heterocycles. The van der Waals surface area contributed by atoms with Crippen molar-refractivity contribution >= 4 is 17.0 Å². The third kappa shape index (κ3) is 2.35. The molecule has 3 fully saturated rings. The second kappa shape index (κ2) is 5.61. The zero-order valence-electron chi connectivity index (χ0n) is 14.0. The van der Waals surface area contributed by atoms with Crippen LogP contribution in [-0.2, 0) is 4.79 Å². The second-order valence-corrected chi connectivity index (χ2v) is 7.92. The summed E-state index contributed by atoms with van der Waals surface area (Å²) in [5.74, 6) is 3.23. The number of nitrogens with zero attached hydrogens (tertiary/aromatic N) is 2. The summed E-state index contributed by atoms with van der Waals surface area (Å²) in [4.78, 5) is 19.8. The van der Waals surface area contributed by atoms with E-state index in [2.05, 4.69) is 9.88 Å². The highest BCUT2D eigenvalue weighted by Crippen LogP contribution is 2.49. The van der Waals surface area contributed by atoms with Gasteiger partial charge in [0.15, 0.2) is 11.5 Å². The molecule has 0 N–H and O–H groups in total. The normalized spacial score (nSPS) is 32.6. The Morgan fingerprint density at radius 3 is 2.88 bits per heavy atom. The Labute approximate surface area is 142 Å². The minimum atomic E-state index is 0.244. The maximum Gasteiger partial charge on any atom is 0.225 e. The number of rotatable bonds is 2. The lowest BCUT2D eigenvalue weighted by Crippen LogP contribution is -2.43. The van der Waals surface area contributed by atoms with Crippen LogP contribution in [-0.4, -0.2) is 28.9 Å². The molecule has 2 saturated carbocycles. The monoisotopic (exact) mass is 324 g/mol. The van der Waals surface area contributed by atoms with Gasteiger partial charge >= 0.3 is 0 Å². The van der Waals surface area contributed by atoms with E-state index in [0.717, 1.165) is 55.3 Å². The lowest BCUT2D eigenvalue weighted by molar-refractivity contribution is -0.138. The number of piperidine rings is 1. The largest absolute Gasteiger partial charge is 0.440 e. The Bertz CT molecular complexity index is 735. The molecule has 4 nitrogen and oxygen atoms in total. The molecule has 2 bridgehead atoms. The summed E-state index contributed by atoms with van der Waals surface area (Å²) in [6, 6.07) is 7.92. The maximum absolute atomic E-state index is 13.0. The molecule has 2 aliphatic carbocycles. The summed E-state index contributed by atoms with van der Waals surface area (Å²) < 4.78 is 5.96. The molecule has 4 atom stereocenters. The van der Waals surface area contributed by atoms with Crippen molar-refractivity contribution in [3.05, 3.63) is 30.2 Å². The highest BCUT2D eigenvalue weighted by atomic mass is 16.3. The average molecular weight is 324 g/mol. The van der Waals surface area contributed by atoms with Gasteiger partial charge in [-0.2, -0.15) is 0 Å².